The number of nitrogens with one attached hydrogen (secondary N) is 1. The van der Waals surface area contributed by atoms with Crippen LogP contribution in [0.2, 0.25) is 0 Å². The minimum absolute atomic E-state index is 0.167. The number of thioether (sulfide) groups is 1. The summed E-state index contributed by atoms with van der Waals surface area (Å²) in [7, 11) is 0. The zero-order valence-electron chi connectivity index (χ0n) is 5.42. The second kappa shape index (κ2) is 5.85. The molecule has 0 spiro atoms. The van der Waals surface area contributed by atoms with Gasteiger partial charge in [-0.2, -0.15) is 0 Å². The topological polar surface area (TPSA) is 44.1 Å². The van der Waals surface area contributed by atoms with Crippen LogP contribution < -0.4 is 0 Å². The highest BCUT2D eigenvalue weighted by Gasteiger charge is 1.90. The summed E-state index contributed by atoms with van der Waals surface area (Å²) in [6.45, 7) is 2.07. The van der Waals surface area contributed by atoms with Gasteiger partial charge in [-0.15, -0.1) is 0 Å². The first-order chi connectivity index (χ1) is 4.35. The first-order valence-corrected chi connectivity index (χ1v) is 3.64. The highest BCUT2D eigenvalue weighted by molar-refractivity contribution is 8.15. The smallest absolute Gasteiger partial charge is 0.0551 e. The molecule has 2 N–H and O–H groups in total. The Morgan fingerprint density at radius 2 is 2.44 bits per heavy atom. The lowest BCUT2D eigenvalue weighted by atomic mass is 10.4. The van der Waals surface area contributed by atoms with Crippen LogP contribution >= 0.6 is 11.8 Å². The molecule has 0 saturated carbocycles. The Morgan fingerprint density at radius 1 is 1.78 bits per heavy atom. The van der Waals surface area contributed by atoms with E-state index in [1.807, 2.05) is 13.0 Å². The number of aliphatic hydroxyl groups excluding tert-OH is 1. The molecule has 0 fully saturated rings. The molecule has 0 bridgehead atoms. The molecule has 0 aromatic carbocycles. The van der Waals surface area contributed by atoms with E-state index in [1.165, 1.54) is 17.3 Å². The maximum Gasteiger partial charge on any atom is 0.0551 e. The molecule has 0 aliphatic carbocycles. The Bertz CT molecular complexity index is 112. The van der Waals surface area contributed by atoms with E-state index < -0.39 is 0 Å². The van der Waals surface area contributed by atoms with E-state index in [0.717, 1.165) is 4.91 Å². The van der Waals surface area contributed by atoms with Crippen molar-refractivity contribution < 1.29 is 5.11 Å². The zero-order valence-corrected chi connectivity index (χ0v) is 6.24. The average Bonchev–Trinajstić information content (AvgIpc) is 1.88. The first kappa shape index (κ1) is 8.72. The minimum Gasteiger partial charge on any atom is -0.396 e. The summed E-state index contributed by atoms with van der Waals surface area (Å²) in [6, 6.07) is 0. The third-order valence-electron chi connectivity index (χ3n) is 0.890. The number of aliphatic hydroxyl groups is 1. The maximum absolute atomic E-state index is 8.47. The molecule has 0 unspecified atom stereocenters. The fraction of sp³-hybridized carbons (Fsp3) is 0.500. The number of hydrogen-bond acceptors (Lipinski definition) is 3. The molecule has 0 rings (SSSR count). The van der Waals surface area contributed by atoms with Gasteiger partial charge in [0.2, 0.25) is 0 Å². The van der Waals surface area contributed by atoms with Crippen molar-refractivity contribution in [3.05, 3.63) is 11.0 Å². The summed E-state index contributed by atoms with van der Waals surface area (Å²) in [5, 5.41) is 15.2. The van der Waals surface area contributed by atoms with E-state index in [1.54, 1.807) is 0 Å². The van der Waals surface area contributed by atoms with Crippen molar-refractivity contribution >= 4 is 17.3 Å². The van der Waals surface area contributed by atoms with Crippen LogP contribution in [-0.2, 0) is 0 Å². The number of hydrogen-bond donors (Lipinski definition) is 2. The minimum atomic E-state index is 0.167. The molecule has 0 atom stereocenters. The van der Waals surface area contributed by atoms with Gasteiger partial charge in [-0.1, -0.05) is 17.8 Å². The summed E-state index contributed by atoms with van der Waals surface area (Å²) in [4.78, 5) is 1.05. The quantitative estimate of drug-likeness (QED) is 0.466. The molecule has 0 radical (unpaired) electrons. The Morgan fingerprint density at radius 3 is 2.78 bits per heavy atom. The normalized spacial score (nSPS) is 11.6. The molecule has 0 heterocycles. The van der Waals surface area contributed by atoms with Gasteiger partial charge >= 0.3 is 0 Å². The molecule has 3 heteroatoms. The third-order valence-corrected chi connectivity index (χ3v) is 1.75. The number of allylic oxidation sites excluding steroid dienone is 1. The molecule has 9 heavy (non-hydrogen) atoms. The lowest BCUT2D eigenvalue weighted by Gasteiger charge is -1.96. The molecular formula is C6H11NOS. The van der Waals surface area contributed by atoms with Gasteiger partial charge in [0.25, 0.3) is 0 Å². The summed E-state index contributed by atoms with van der Waals surface area (Å²) < 4.78 is 0. The number of rotatable bonds is 4. The van der Waals surface area contributed by atoms with E-state index in [9.17, 15) is 0 Å². The molecular weight excluding hydrogens is 134 g/mol. The fourth-order valence-corrected chi connectivity index (χ4v) is 0.954. The van der Waals surface area contributed by atoms with Gasteiger partial charge in [-0.05, 0) is 11.8 Å². The Kier molecular flexibility index (Phi) is 5.67. The van der Waals surface area contributed by atoms with Crippen LogP contribution in [0.4, 0.5) is 0 Å². The summed E-state index contributed by atoms with van der Waals surface area (Å²) >= 11 is 1.34. The van der Waals surface area contributed by atoms with Crippen molar-refractivity contribution in [2.24, 2.45) is 0 Å². The van der Waals surface area contributed by atoms with Crippen molar-refractivity contribution in [3.63, 3.8) is 0 Å². The Balaban J connectivity index is 3.55. The molecule has 0 saturated heterocycles. The Hall–Kier alpha value is -0.280. The van der Waals surface area contributed by atoms with Gasteiger partial charge in [-0.3, -0.25) is 0 Å². The van der Waals surface area contributed by atoms with Crippen molar-refractivity contribution in [3.8, 4) is 0 Å². The van der Waals surface area contributed by atoms with E-state index in [0.29, 0.717) is 6.42 Å². The van der Waals surface area contributed by atoms with Crippen LogP contribution in [0.1, 0.15) is 13.3 Å². The average molecular weight is 145 g/mol. The van der Waals surface area contributed by atoms with Gasteiger partial charge in [0.15, 0.2) is 0 Å². The van der Waals surface area contributed by atoms with Crippen LogP contribution in [-0.4, -0.2) is 17.3 Å². The monoisotopic (exact) mass is 145 g/mol. The van der Waals surface area contributed by atoms with E-state index in [2.05, 4.69) is 0 Å². The fourth-order valence-electron chi connectivity index (χ4n) is 0.457. The van der Waals surface area contributed by atoms with Crippen molar-refractivity contribution in [1.29, 1.82) is 5.41 Å². The van der Waals surface area contributed by atoms with Crippen molar-refractivity contribution in [2.75, 3.05) is 6.61 Å². The van der Waals surface area contributed by atoms with E-state index in [4.69, 9.17) is 10.5 Å². The van der Waals surface area contributed by atoms with E-state index >= 15 is 0 Å². The second-order valence-electron chi connectivity index (χ2n) is 1.46. The van der Waals surface area contributed by atoms with Gasteiger partial charge in [0.1, 0.15) is 0 Å². The second-order valence-corrected chi connectivity index (χ2v) is 2.46. The molecule has 0 aliphatic rings. The third kappa shape index (κ3) is 4.24. The molecule has 52 valence electrons. The van der Waals surface area contributed by atoms with E-state index in [-0.39, 0.29) is 6.61 Å². The largest absolute Gasteiger partial charge is 0.396 e. The van der Waals surface area contributed by atoms with Crippen LogP contribution in [0.5, 0.6) is 0 Å². The highest BCUT2D eigenvalue weighted by Crippen LogP contribution is 2.14. The summed E-state index contributed by atoms with van der Waals surface area (Å²) in [5.74, 6) is 0. The Labute approximate surface area is 59.5 Å². The van der Waals surface area contributed by atoms with Crippen LogP contribution in [0.3, 0.4) is 0 Å². The standard InChI is InChI=1S/C6H11NOS/c1-2-6(3-4-8)9-5-7/h2,5,7-8H,3-4H2,1H3/b6-2+,7-5?. The molecule has 0 aromatic rings. The molecule has 0 aliphatic heterocycles. The zero-order chi connectivity index (χ0) is 7.11. The van der Waals surface area contributed by atoms with Crippen molar-refractivity contribution in [1.82, 2.24) is 0 Å². The predicted octanol–water partition coefficient (Wildman–Crippen LogP) is 1.61. The van der Waals surface area contributed by atoms with Gasteiger partial charge < -0.3 is 10.5 Å². The molecule has 0 aromatic heterocycles. The molecule has 0 amide bonds. The van der Waals surface area contributed by atoms with Crippen molar-refractivity contribution in [2.45, 2.75) is 13.3 Å². The van der Waals surface area contributed by atoms with Crippen LogP contribution in [0.15, 0.2) is 11.0 Å². The molecule has 2 nitrogen and oxygen atoms in total. The SMILES string of the molecule is C/C=C(\CCO)SC=N. The van der Waals surface area contributed by atoms with Gasteiger partial charge in [-0.25, -0.2) is 0 Å². The van der Waals surface area contributed by atoms with Gasteiger partial charge in [0, 0.05) is 13.0 Å². The van der Waals surface area contributed by atoms with Gasteiger partial charge in [0.05, 0.1) is 5.55 Å². The predicted molar refractivity (Wildman–Crippen MR) is 41.8 cm³/mol. The lowest BCUT2D eigenvalue weighted by molar-refractivity contribution is 0.301. The maximum atomic E-state index is 8.47. The van der Waals surface area contributed by atoms with Crippen LogP contribution in [0, 0.1) is 5.41 Å². The summed E-state index contributed by atoms with van der Waals surface area (Å²) in [6.07, 6.45) is 2.57. The first-order valence-electron chi connectivity index (χ1n) is 2.76. The highest BCUT2D eigenvalue weighted by atomic mass is 32.2. The summed E-state index contributed by atoms with van der Waals surface area (Å²) in [5.41, 5.74) is 1.27. The lowest BCUT2D eigenvalue weighted by Crippen LogP contribution is -1.83. The van der Waals surface area contributed by atoms with Crippen LogP contribution in [0.25, 0.3) is 0 Å².